The molecule has 0 fully saturated rings. The van der Waals surface area contributed by atoms with Gasteiger partial charge in [0.1, 0.15) is 34.4 Å². The first-order chi connectivity index (χ1) is 19.8. The number of benzene rings is 2. The van der Waals surface area contributed by atoms with Crippen LogP contribution in [0.25, 0.3) is 22.2 Å². The molecular formula is C30H26FN5O5. The van der Waals surface area contributed by atoms with Gasteiger partial charge < -0.3 is 19.5 Å². The molecule has 0 aliphatic carbocycles. The van der Waals surface area contributed by atoms with Gasteiger partial charge in [0.15, 0.2) is 11.5 Å². The molecule has 1 N–H and O–H groups in total. The van der Waals surface area contributed by atoms with Crippen LogP contribution in [-0.2, 0) is 0 Å². The molecule has 0 saturated carbocycles. The Hall–Kier alpha value is -5.32. The summed E-state index contributed by atoms with van der Waals surface area (Å²) in [4.78, 5) is 35.0. The van der Waals surface area contributed by atoms with E-state index in [-0.39, 0.29) is 23.1 Å². The number of aromatic nitrogens is 4. The third-order valence-electron chi connectivity index (χ3n) is 6.24. The molecule has 0 bridgehead atoms. The molecule has 41 heavy (non-hydrogen) atoms. The highest BCUT2D eigenvalue weighted by molar-refractivity contribution is 6.04. The first-order valence-electron chi connectivity index (χ1n) is 12.6. The van der Waals surface area contributed by atoms with Crippen molar-refractivity contribution < 1.29 is 23.4 Å². The van der Waals surface area contributed by atoms with E-state index in [9.17, 15) is 14.0 Å². The maximum absolute atomic E-state index is 13.4. The average Bonchev–Trinajstić information content (AvgIpc) is 2.98. The Balaban J connectivity index is 1.39. The van der Waals surface area contributed by atoms with Gasteiger partial charge in [-0.2, -0.15) is 5.10 Å². The number of nitrogens with zero attached hydrogens (tertiary/aromatic N) is 4. The van der Waals surface area contributed by atoms with Crippen LogP contribution < -0.4 is 25.0 Å². The second-order valence-electron chi connectivity index (χ2n) is 9.27. The van der Waals surface area contributed by atoms with E-state index in [2.05, 4.69) is 20.4 Å². The largest absolute Gasteiger partial charge is 0.493 e. The molecule has 0 spiro atoms. The van der Waals surface area contributed by atoms with Gasteiger partial charge in [-0.05, 0) is 62.4 Å². The SMILES string of the molecule is COc1cc2nccc(Oc3ccc(NC(=O)c4cn(C(C)C)nc(-c5ccc(F)cc5)c4=O)nc3)c2cc1OC. The van der Waals surface area contributed by atoms with Gasteiger partial charge in [0, 0.05) is 35.5 Å². The number of carbonyl (C=O) groups is 1. The van der Waals surface area contributed by atoms with Crippen LogP contribution in [0.3, 0.4) is 0 Å². The summed E-state index contributed by atoms with van der Waals surface area (Å²) in [6, 6.07) is 13.7. The van der Waals surface area contributed by atoms with Crippen LogP contribution in [0.1, 0.15) is 30.2 Å². The predicted octanol–water partition coefficient (Wildman–Crippen LogP) is 5.64. The Labute approximate surface area is 234 Å². The fraction of sp³-hybridized carbons (Fsp3) is 0.167. The van der Waals surface area contributed by atoms with Crippen molar-refractivity contribution in [2.45, 2.75) is 19.9 Å². The summed E-state index contributed by atoms with van der Waals surface area (Å²) >= 11 is 0. The molecule has 0 radical (unpaired) electrons. The second kappa shape index (κ2) is 11.4. The summed E-state index contributed by atoms with van der Waals surface area (Å²) in [6.07, 6.45) is 4.46. The molecule has 0 saturated heterocycles. The van der Waals surface area contributed by atoms with E-state index in [1.807, 2.05) is 13.8 Å². The number of anilines is 1. The topological polar surface area (TPSA) is 117 Å². The van der Waals surface area contributed by atoms with Crippen LogP contribution in [0.15, 0.2) is 78.0 Å². The van der Waals surface area contributed by atoms with Crippen molar-refractivity contribution in [1.82, 2.24) is 19.7 Å². The van der Waals surface area contributed by atoms with E-state index < -0.39 is 17.2 Å². The lowest BCUT2D eigenvalue weighted by atomic mass is 10.1. The first-order valence-corrected chi connectivity index (χ1v) is 12.6. The van der Waals surface area contributed by atoms with Gasteiger partial charge in [-0.25, -0.2) is 9.37 Å². The highest BCUT2D eigenvalue weighted by atomic mass is 19.1. The van der Waals surface area contributed by atoms with Crippen molar-refractivity contribution in [3.05, 3.63) is 94.8 Å². The van der Waals surface area contributed by atoms with Crippen molar-refractivity contribution in [2.75, 3.05) is 19.5 Å². The van der Waals surface area contributed by atoms with Gasteiger partial charge in [-0.1, -0.05) is 0 Å². The van der Waals surface area contributed by atoms with E-state index in [0.717, 1.165) is 0 Å². The van der Waals surface area contributed by atoms with Crippen molar-refractivity contribution in [3.8, 4) is 34.3 Å². The van der Waals surface area contributed by atoms with Crippen molar-refractivity contribution in [2.24, 2.45) is 0 Å². The van der Waals surface area contributed by atoms with Crippen molar-refractivity contribution in [3.63, 3.8) is 0 Å². The zero-order valence-corrected chi connectivity index (χ0v) is 22.7. The van der Waals surface area contributed by atoms with Gasteiger partial charge in [-0.3, -0.25) is 19.3 Å². The molecule has 0 aliphatic rings. The lowest BCUT2D eigenvalue weighted by Crippen LogP contribution is -2.27. The number of halogens is 1. The monoisotopic (exact) mass is 555 g/mol. The summed E-state index contributed by atoms with van der Waals surface area (Å²) in [7, 11) is 3.10. The summed E-state index contributed by atoms with van der Waals surface area (Å²) in [5, 5.41) is 7.73. The number of hydrogen-bond donors (Lipinski definition) is 1. The van der Waals surface area contributed by atoms with E-state index in [1.165, 1.54) is 41.3 Å². The zero-order chi connectivity index (χ0) is 29.1. The number of fused-ring (bicyclic) bond motifs is 1. The molecule has 208 valence electrons. The summed E-state index contributed by atoms with van der Waals surface area (Å²) in [6.45, 7) is 3.74. The molecule has 0 unspecified atom stereocenters. The maximum atomic E-state index is 13.4. The number of pyridine rings is 2. The molecule has 2 aromatic carbocycles. The van der Waals surface area contributed by atoms with Crippen molar-refractivity contribution in [1.29, 1.82) is 0 Å². The molecule has 5 aromatic rings. The molecule has 10 nitrogen and oxygen atoms in total. The van der Waals surface area contributed by atoms with Gasteiger partial charge >= 0.3 is 0 Å². The highest BCUT2D eigenvalue weighted by Gasteiger charge is 2.19. The molecule has 3 heterocycles. The number of ether oxygens (including phenoxy) is 3. The number of nitrogens with one attached hydrogen (secondary N) is 1. The fourth-order valence-corrected chi connectivity index (χ4v) is 4.09. The Bertz CT molecular complexity index is 1790. The number of rotatable bonds is 8. The Morgan fingerprint density at radius 2 is 1.68 bits per heavy atom. The Morgan fingerprint density at radius 3 is 2.34 bits per heavy atom. The minimum Gasteiger partial charge on any atom is -0.493 e. The normalized spacial score (nSPS) is 11.0. The molecule has 0 aliphatic heterocycles. The third-order valence-corrected chi connectivity index (χ3v) is 6.24. The van der Waals surface area contributed by atoms with Crippen LogP contribution in [0.5, 0.6) is 23.0 Å². The molecule has 0 atom stereocenters. The average molecular weight is 556 g/mol. The quantitative estimate of drug-likeness (QED) is 0.262. The van der Waals surface area contributed by atoms with Gasteiger partial charge in [0.25, 0.3) is 5.91 Å². The molecule has 11 heteroatoms. The van der Waals surface area contributed by atoms with E-state index in [0.29, 0.717) is 39.5 Å². The van der Waals surface area contributed by atoms with Crippen LogP contribution in [-0.4, -0.2) is 39.9 Å². The van der Waals surface area contributed by atoms with Crippen LogP contribution in [0, 0.1) is 5.82 Å². The summed E-state index contributed by atoms with van der Waals surface area (Å²) in [5.41, 5.74) is 0.397. The zero-order valence-electron chi connectivity index (χ0n) is 22.7. The molecule has 1 amide bonds. The third kappa shape index (κ3) is 5.69. The van der Waals surface area contributed by atoms with Crippen LogP contribution >= 0.6 is 0 Å². The molecule has 3 aromatic heterocycles. The van der Waals surface area contributed by atoms with E-state index in [4.69, 9.17) is 14.2 Å². The predicted molar refractivity (Wildman–Crippen MR) is 151 cm³/mol. The van der Waals surface area contributed by atoms with Crippen LogP contribution in [0.2, 0.25) is 0 Å². The standard InChI is InChI=1S/C30H26FN5O5/c1-17(2)36-16-22(29(37)28(35-36)18-5-7-19(31)8-6-18)30(38)34-27-10-9-20(15-33-27)41-24-11-12-32-23-14-26(40-4)25(39-3)13-21(23)24/h5-17H,1-4H3,(H,33,34,38). The van der Waals surface area contributed by atoms with E-state index in [1.54, 1.807) is 50.7 Å². The van der Waals surface area contributed by atoms with Crippen LogP contribution in [0.4, 0.5) is 10.2 Å². The number of amides is 1. The smallest absolute Gasteiger partial charge is 0.262 e. The van der Waals surface area contributed by atoms with E-state index >= 15 is 0 Å². The van der Waals surface area contributed by atoms with Gasteiger partial charge in [-0.15, -0.1) is 0 Å². The minimum absolute atomic E-state index is 0.0434. The first kappa shape index (κ1) is 27.3. The molecular weight excluding hydrogens is 529 g/mol. The maximum Gasteiger partial charge on any atom is 0.262 e. The Kier molecular flexibility index (Phi) is 7.59. The second-order valence-corrected chi connectivity index (χ2v) is 9.27. The number of carbonyl (C=O) groups excluding carboxylic acids is 1. The summed E-state index contributed by atoms with van der Waals surface area (Å²) < 4.78 is 31.8. The lowest BCUT2D eigenvalue weighted by molar-refractivity contribution is 0.102. The lowest BCUT2D eigenvalue weighted by Gasteiger charge is -2.14. The fourth-order valence-electron chi connectivity index (χ4n) is 4.09. The van der Waals surface area contributed by atoms with Gasteiger partial charge in [0.2, 0.25) is 5.43 Å². The number of hydrogen-bond acceptors (Lipinski definition) is 8. The van der Waals surface area contributed by atoms with Gasteiger partial charge in [0.05, 0.1) is 25.9 Å². The highest BCUT2D eigenvalue weighted by Crippen LogP contribution is 2.36. The Morgan fingerprint density at radius 1 is 0.951 bits per heavy atom. The summed E-state index contributed by atoms with van der Waals surface area (Å²) in [5.74, 6) is 1.13. The van der Waals surface area contributed by atoms with Crippen molar-refractivity contribution >= 4 is 22.6 Å². The number of methoxy groups -OCH3 is 2. The minimum atomic E-state index is -0.655. The molecule has 5 rings (SSSR count).